The van der Waals surface area contributed by atoms with Gasteiger partial charge in [0.2, 0.25) is 0 Å². The molecule has 0 aliphatic carbocycles. The van der Waals surface area contributed by atoms with Gasteiger partial charge in [0.15, 0.2) is 0 Å². The van der Waals surface area contributed by atoms with Crippen LogP contribution in [0.15, 0.2) is 53.3 Å². The topological polar surface area (TPSA) is 58.3 Å². The first-order valence-corrected chi connectivity index (χ1v) is 10.4. The third-order valence-corrected chi connectivity index (χ3v) is 6.12. The minimum absolute atomic E-state index is 0.502. The molecule has 0 atom stereocenters. The Hall–Kier alpha value is -3.12. The van der Waals surface area contributed by atoms with Crippen LogP contribution in [0, 0.1) is 13.8 Å². The van der Waals surface area contributed by atoms with Crippen LogP contribution in [-0.4, -0.2) is 41.3 Å². The van der Waals surface area contributed by atoms with Crippen LogP contribution in [-0.2, 0) is 0 Å². The summed E-state index contributed by atoms with van der Waals surface area (Å²) in [6.45, 7) is 7.95. The lowest BCUT2D eigenvalue weighted by Gasteiger charge is -2.37. The predicted molar refractivity (Wildman–Crippen MR) is 120 cm³/mol. The van der Waals surface area contributed by atoms with Gasteiger partial charge in [-0.25, -0.2) is 4.98 Å². The van der Waals surface area contributed by atoms with Gasteiger partial charge in [0.1, 0.15) is 23.2 Å². The van der Waals surface area contributed by atoms with E-state index in [4.69, 9.17) is 16.1 Å². The van der Waals surface area contributed by atoms with Gasteiger partial charge in [0, 0.05) is 42.5 Å². The van der Waals surface area contributed by atoms with E-state index >= 15 is 0 Å². The van der Waals surface area contributed by atoms with Crippen molar-refractivity contribution in [3.8, 4) is 11.3 Å². The smallest absolute Gasteiger partial charge is 0.263 e. The molecule has 0 saturated carbocycles. The monoisotopic (exact) mass is 419 g/mol. The SMILES string of the molecule is Cc1cccc(N2CCN(c3ncnc4onc(-c5ccc(Cl)cc5)c34)CC2)c1C. The average Bonchev–Trinajstić information content (AvgIpc) is 3.21. The molecule has 7 heteroatoms. The van der Waals surface area contributed by atoms with Crippen LogP contribution in [0.1, 0.15) is 11.1 Å². The Morgan fingerprint density at radius 1 is 0.900 bits per heavy atom. The van der Waals surface area contributed by atoms with Crippen molar-refractivity contribution in [3.63, 3.8) is 0 Å². The number of halogens is 1. The number of piperazine rings is 1. The molecule has 152 valence electrons. The first-order valence-electron chi connectivity index (χ1n) is 10.0. The van der Waals surface area contributed by atoms with E-state index in [0.717, 1.165) is 48.6 Å². The van der Waals surface area contributed by atoms with Crippen LogP contribution in [0.3, 0.4) is 0 Å². The van der Waals surface area contributed by atoms with Crippen LogP contribution < -0.4 is 9.80 Å². The van der Waals surface area contributed by atoms with Crippen molar-refractivity contribution in [3.05, 3.63) is 64.9 Å². The average molecular weight is 420 g/mol. The quantitative estimate of drug-likeness (QED) is 0.471. The summed E-state index contributed by atoms with van der Waals surface area (Å²) in [6, 6.07) is 14.1. The summed E-state index contributed by atoms with van der Waals surface area (Å²) < 4.78 is 5.51. The molecule has 0 N–H and O–H groups in total. The second-order valence-corrected chi connectivity index (χ2v) is 8.05. The molecular weight excluding hydrogens is 398 g/mol. The third kappa shape index (κ3) is 3.27. The number of fused-ring (bicyclic) bond motifs is 1. The zero-order valence-electron chi connectivity index (χ0n) is 17.0. The van der Waals surface area contributed by atoms with Crippen LogP contribution in [0.4, 0.5) is 11.5 Å². The van der Waals surface area contributed by atoms with E-state index in [-0.39, 0.29) is 0 Å². The predicted octanol–water partition coefficient (Wildman–Crippen LogP) is 4.88. The summed E-state index contributed by atoms with van der Waals surface area (Å²) in [6.07, 6.45) is 1.55. The lowest BCUT2D eigenvalue weighted by Crippen LogP contribution is -2.47. The Bertz CT molecular complexity index is 1200. The van der Waals surface area contributed by atoms with Gasteiger partial charge in [-0.15, -0.1) is 0 Å². The second-order valence-electron chi connectivity index (χ2n) is 7.61. The maximum Gasteiger partial charge on any atom is 0.263 e. The molecule has 0 unspecified atom stereocenters. The summed E-state index contributed by atoms with van der Waals surface area (Å²) in [4.78, 5) is 13.6. The summed E-state index contributed by atoms with van der Waals surface area (Å²) in [7, 11) is 0. The van der Waals surface area contributed by atoms with Crippen molar-refractivity contribution in [2.75, 3.05) is 36.0 Å². The number of hydrogen-bond acceptors (Lipinski definition) is 6. The van der Waals surface area contributed by atoms with Crippen molar-refractivity contribution in [2.24, 2.45) is 0 Å². The van der Waals surface area contributed by atoms with E-state index in [2.05, 4.69) is 57.0 Å². The van der Waals surface area contributed by atoms with Crippen molar-refractivity contribution < 1.29 is 4.52 Å². The van der Waals surface area contributed by atoms with Crippen LogP contribution in [0.2, 0.25) is 5.02 Å². The molecule has 3 heterocycles. The van der Waals surface area contributed by atoms with Crippen molar-refractivity contribution in [2.45, 2.75) is 13.8 Å². The van der Waals surface area contributed by atoms with E-state index in [1.165, 1.54) is 16.8 Å². The fraction of sp³-hybridized carbons (Fsp3) is 0.261. The maximum absolute atomic E-state index is 6.05. The standard InChI is InChI=1S/C23H22ClN5O/c1-15-4-3-5-19(16(15)2)28-10-12-29(13-11-28)22-20-21(17-6-8-18(24)9-7-17)27-30-23(20)26-14-25-22/h3-9,14H,10-13H2,1-2H3. The highest BCUT2D eigenvalue weighted by Gasteiger charge is 2.25. The zero-order valence-corrected chi connectivity index (χ0v) is 17.7. The van der Waals surface area contributed by atoms with Gasteiger partial charge in [-0.2, -0.15) is 4.98 Å². The molecule has 4 aromatic rings. The molecule has 0 spiro atoms. The number of anilines is 2. The fourth-order valence-corrected chi connectivity index (χ4v) is 4.18. The van der Waals surface area contributed by atoms with E-state index < -0.39 is 0 Å². The lowest BCUT2D eigenvalue weighted by molar-refractivity contribution is 0.451. The molecule has 1 aliphatic rings. The normalized spacial score (nSPS) is 14.5. The van der Waals surface area contributed by atoms with Gasteiger partial charge in [-0.1, -0.05) is 41.0 Å². The van der Waals surface area contributed by atoms with Crippen LogP contribution in [0.25, 0.3) is 22.4 Å². The second kappa shape index (κ2) is 7.61. The first-order chi connectivity index (χ1) is 14.6. The number of aromatic nitrogens is 3. The molecule has 2 aromatic heterocycles. The Morgan fingerprint density at radius 3 is 2.40 bits per heavy atom. The minimum Gasteiger partial charge on any atom is -0.368 e. The molecule has 1 saturated heterocycles. The van der Waals surface area contributed by atoms with Gasteiger partial charge in [0.05, 0.1) is 0 Å². The Kier molecular flexibility index (Phi) is 4.79. The molecule has 1 fully saturated rings. The largest absolute Gasteiger partial charge is 0.368 e. The van der Waals surface area contributed by atoms with E-state index in [1.54, 1.807) is 6.33 Å². The molecular formula is C23H22ClN5O. The van der Waals surface area contributed by atoms with Gasteiger partial charge in [-0.3, -0.25) is 0 Å². The van der Waals surface area contributed by atoms with Crippen LogP contribution >= 0.6 is 11.6 Å². The Balaban J connectivity index is 1.45. The summed E-state index contributed by atoms with van der Waals surface area (Å²) in [5.41, 5.74) is 6.16. The van der Waals surface area contributed by atoms with Gasteiger partial charge >= 0.3 is 0 Å². The highest BCUT2D eigenvalue weighted by molar-refractivity contribution is 6.30. The van der Waals surface area contributed by atoms with Gasteiger partial charge in [-0.05, 0) is 43.2 Å². The third-order valence-electron chi connectivity index (χ3n) is 5.87. The number of rotatable bonds is 3. The van der Waals surface area contributed by atoms with Crippen LogP contribution in [0.5, 0.6) is 0 Å². The number of benzene rings is 2. The summed E-state index contributed by atoms with van der Waals surface area (Å²) >= 11 is 6.05. The molecule has 30 heavy (non-hydrogen) atoms. The van der Waals surface area contributed by atoms with E-state index in [9.17, 15) is 0 Å². The summed E-state index contributed by atoms with van der Waals surface area (Å²) in [5, 5.41) is 5.81. The number of aryl methyl sites for hydroxylation is 1. The Morgan fingerprint density at radius 2 is 1.63 bits per heavy atom. The Labute approximate surface area is 180 Å². The van der Waals surface area contributed by atoms with Crippen molar-refractivity contribution >= 4 is 34.2 Å². The molecule has 5 rings (SSSR count). The molecule has 2 aromatic carbocycles. The lowest BCUT2D eigenvalue weighted by atomic mass is 10.1. The number of hydrogen-bond donors (Lipinski definition) is 0. The van der Waals surface area contributed by atoms with Gasteiger partial charge in [0.25, 0.3) is 5.71 Å². The van der Waals surface area contributed by atoms with Crippen molar-refractivity contribution in [1.82, 2.24) is 15.1 Å². The minimum atomic E-state index is 0.502. The van der Waals surface area contributed by atoms with E-state index in [0.29, 0.717) is 10.7 Å². The molecule has 0 radical (unpaired) electrons. The first kappa shape index (κ1) is 18.9. The van der Waals surface area contributed by atoms with Crippen molar-refractivity contribution in [1.29, 1.82) is 0 Å². The molecule has 0 bridgehead atoms. The zero-order chi connectivity index (χ0) is 20.7. The summed E-state index contributed by atoms with van der Waals surface area (Å²) in [5.74, 6) is 0.867. The maximum atomic E-state index is 6.05. The molecule has 6 nitrogen and oxygen atoms in total. The highest BCUT2D eigenvalue weighted by Crippen LogP contribution is 2.34. The van der Waals surface area contributed by atoms with Gasteiger partial charge < -0.3 is 14.3 Å². The molecule has 0 amide bonds. The molecule has 1 aliphatic heterocycles. The number of nitrogens with zero attached hydrogens (tertiary/aromatic N) is 5. The highest BCUT2D eigenvalue weighted by atomic mass is 35.5. The fourth-order valence-electron chi connectivity index (χ4n) is 4.05. The van der Waals surface area contributed by atoms with E-state index in [1.807, 2.05) is 24.3 Å².